The van der Waals surface area contributed by atoms with E-state index in [2.05, 4.69) is 22.9 Å². The van der Waals surface area contributed by atoms with Crippen LogP contribution in [0.5, 0.6) is 0 Å². The van der Waals surface area contributed by atoms with Crippen LogP contribution >= 0.6 is 16.5 Å². The van der Waals surface area contributed by atoms with Crippen molar-refractivity contribution in [2.75, 3.05) is 13.2 Å². The molecule has 0 bridgehead atoms. The predicted molar refractivity (Wildman–Crippen MR) is 134 cm³/mol. The molecule has 10 heteroatoms. The third-order valence-corrected chi connectivity index (χ3v) is 6.32. The smallest absolute Gasteiger partial charge is 0.781 e. The van der Waals surface area contributed by atoms with Crippen LogP contribution in [0, 0.1) is 0 Å². The summed E-state index contributed by atoms with van der Waals surface area (Å²) in [6.07, 6.45) is 25.1. The van der Waals surface area contributed by atoms with Gasteiger partial charge >= 0.3 is 59.1 Å². The summed E-state index contributed by atoms with van der Waals surface area (Å²) in [4.78, 5) is 20.2. The van der Waals surface area contributed by atoms with E-state index in [0.29, 0.717) is 13.2 Å². The Morgan fingerprint density at radius 3 is 0.853 bits per heavy atom. The summed E-state index contributed by atoms with van der Waals surface area (Å²) in [5.74, 6) is 0. The van der Waals surface area contributed by atoms with Crippen LogP contribution in [0.25, 0.3) is 0 Å². The molecule has 6 nitrogen and oxygen atoms in total. The van der Waals surface area contributed by atoms with Crippen molar-refractivity contribution in [3.63, 3.8) is 0 Å². The number of unbranched alkanes of at least 4 members (excludes halogenated alkanes) is 18. The molecule has 0 amide bonds. The summed E-state index contributed by atoms with van der Waals surface area (Å²) in [5.41, 5.74) is 0. The maximum absolute atomic E-state index is 10.1. The molecule has 2 unspecified atom stereocenters. The van der Waals surface area contributed by atoms with Gasteiger partial charge in [-0.2, -0.15) is 0 Å². The van der Waals surface area contributed by atoms with Gasteiger partial charge in [-0.25, -0.2) is 0 Å². The van der Waals surface area contributed by atoms with Crippen LogP contribution in [-0.4, -0.2) is 13.2 Å². The van der Waals surface area contributed by atoms with Gasteiger partial charge in [0.15, 0.2) is 0 Å². The maximum Gasteiger partial charge on any atom is 1.00 e. The van der Waals surface area contributed by atoms with Gasteiger partial charge in [-0.1, -0.05) is 129 Å². The quantitative estimate of drug-likeness (QED) is 0.103. The number of hydrogen-bond donors (Lipinski definition) is 0. The molecule has 0 spiro atoms. The molecule has 0 aromatic heterocycles. The second-order valence-electron chi connectivity index (χ2n) is 8.56. The molecule has 0 aromatic rings. The molecular weight excluding hydrogens is 492 g/mol. The van der Waals surface area contributed by atoms with E-state index in [4.69, 9.17) is 0 Å². The molecule has 0 fully saturated rings. The summed E-state index contributed by atoms with van der Waals surface area (Å²) in [6.45, 7) is 5.21. The van der Waals surface area contributed by atoms with Crippen molar-refractivity contribution < 1.29 is 87.1 Å². The standard InChI is InChI=1S/2C12H27O3P.2Na/c2*1-2-3-4-5-6-7-8-9-10-11-12-15-16(13)14;;/h2*16H,2-12H2,1H3,(H,13,14);;/q;;2*+1/p-2. The van der Waals surface area contributed by atoms with Crippen LogP contribution in [0.4, 0.5) is 0 Å². The van der Waals surface area contributed by atoms with Gasteiger partial charge in [0.05, 0.1) is 13.2 Å². The van der Waals surface area contributed by atoms with Crippen molar-refractivity contribution in [2.45, 2.75) is 142 Å². The first-order valence-electron chi connectivity index (χ1n) is 13.2. The number of rotatable bonds is 24. The first-order valence-corrected chi connectivity index (χ1v) is 15.7. The Morgan fingerprint density at radius 1 is 0.441 bits per heavy atom. The van der Waals surface area contributed by atoms with Crippen LogP contribution in [0.2, 0.25) is 0 Å². The molecule has 2 atom stereocenters. The van der Waals surface area contributed by atoms with Crippen molar-refractivity contribution in [1.29, 1.82) is 0 Å². The van der Waals surface area contributed by atoms with Gasteiger partial charge in [0.2, 0.25) is 0 Å². The van der Waals surface area contributed by atoms with Gasteiger partial charge in [0.25, 0.3) is 0 Å². The largest absolute Gasteiger partial charge is 1.00 e. The monoisotopic (exact) mass is 544 g/mol. The van der Waals surface area contributed by atoms with E-state index in [-0.39, 0.29) is 59.1 Å². The average Bonchev–Trinajstić information content (AvgIpc) is 2.76. The van der Waals surface area contributed by atoms with E-state index < -0.39 is 16.5 Å². The molecule has 196 valence electrons. The fraction of sp³-hybridized carbons (Fsp3) is 1.00. The Bertz CT molecular complexity index is 372. The summed E-state index contributed by atoms with van der Waals surface area (Å²) < 4.78 is 29.2. The zero-order valence-corrected chi connectivity index (χ0v) is 29.0. The van der Waals surface area contributed by atoms with Crippen molar-refractivity contribution in [1.82, 2.24) is 0 Å². The molecule has 0 aliphatic rings. The van der Waals surface area contributed by atoms with Crippen LogP contribution in [-0.2, 0) is 18.2 Å². The minimum atomic E-state index is -2.94. The van der Waals surface area contributed by atoms with Crippen molar-refractivity contribution >= 4 is 16.5 Å². The topological polar surface area (TPSA) is 98.7 Å². The first kappa shape index (κ1) is 43.4. The second-order valence-corrected chi connectivity index (χ2v) is 10.1. The summed E-state index contributed by atoms with van der Waals surface area (Å²) in [5, 5.41) is 0. The molecule has 0 aliphatic carbocycles. The SMILES string of the molecule is CCCCCCCCCCCCO[PH](=O)[O-].CCCCCCCCCCCCO[PH](=O)[O-].[Na+].[Na+]. The molecule has 0 saturated heterocycles. The predicted octanol–water partition coefficient (Wildman–Crippen LogP) is 1.36. The molecule has 0 aromatic carbocycles. The minimum Gasteiger partial charge on any atom is -0.781 e. The molecule has 0 saturated carbocycles. The molecule has 0 rings (SSSR count). The molecule has 0 radical (unpaired) electrons. The van der Waals surface area contributed by atoms with E-state index in [1.54, 1.807) is 0 Å². The summed E-state index contributed by atoms with van der Waals surface area (Å²) >= 11 is 0. The second kappa shape index (κ2) is 39.8. The van der Waals surface area contributed by atoms with Crippen molar-refractivity contribution in [3.8, 4) is 0 Å². The van der Waals surface area contributed by atoms with Gasteiger partial charge < -0.3 is 28.0 Å². The zero-order chi connectivity index (χ0) is 24.1. The van der Waals surface area contributed by atoms with Gasteiger partial charge in [-0.15, -0.1) is 0 Å². The van der Waals surface area contributed by atoms with E-state index in [9.17, 15) is 18.9 Å². The van der Waals surface area contributed by atoms with E-state index in [0.717, 1.165) is 25.7 Å². The van der Waals surface area contributed by atoms with Crippen molar-refractivity contribution in [2.24, 2.45) is 0 Å². The zero-order valence-electron chi connectivity index (χ0n) is 23.0. The molecule has 0 aliphatic heterocycles. The normalized spacial score (nSPS) is 12.1. The Labute approximate surface area is 257 Å². The first-order chi connectivity index (χ1) is 15.5. The summed E-state index contributed by atoms with van der Waals surface area (Å²) in [6, 6.07) is 0. The maximum atomic E-state index is 10.1. The van der Waals surface area contributed by atoms with Gasteiger partial charge in [0.1, 0.15) is 16.5 Å². The molecule has 34 heavy (non-hydrogen) atoms. The Morgan fingerprint density at radius 2 is 0.647 bits per heavy atom. The Balaban J connectivity index is -0.000000250. The Kier molecular flexibility index (Phi) is 50.8. The third kappa shape index (κ3) is 47.5. The van der Waals surface area contributed by atoms with Crippen LogP contribution in [0.3, 0.4) is 0 Å². The van der Waals surface area contributed by atoms with E-state index in [1.807, 2.05) is 0 Å². The molecular formula is C24H52Na2O6P2. The van der Waals surface area contributed by atoms with Gasteiger partial charge in [0, 0.05) is 0 Å². The average molecular weight is 545 g/mol. The van der Waals surface area contributed by atoms with Crippen molar-refractivity contribution in [3.05, 3.63) is 0 Å². The third-order valence-electron chi connectivity index (χ3n) is 5.44. The summed E-state index contributed by atoms with van der Waals surface area (Å²) in [7, 11) is -5.89. The van der Waals surface area contributed by atoms with Gasteiger partial charge in [-0.05, 0) is 12.8 Å². The fourth-order valence-electron chi connectivity index (χ4n) is 3.49. The van der Waals surface area contributed by atoms with Gasteiger partial charge in [-0.3, -0.25) is 0 Å². The van der Waals surface area contributed by atoms with Crippen LogP contribution in [0.15, 0.2) is 0 Å². The molecule has 0 heterocycles. The van der Waals surface area contributed by atoms with E-state index in [1.165, 1.54) is 103 Å². The van der Waals surface area contributed by atoms with E-state index >= 15 is 0 Å². The van der Waals surface area contributed by atoms with Crippen LogP contribution < -0.4 is 68.9 Å². The fourth-order valence-corrected chi connectivity index (χ4v) is 4.11. The minimum absolute atomic E-state index is 0. The molecule has 0 N–H and O–H groups in total. The number of hydrogen-bond acceptors (Lipinski definition) is 6. The Hall–Kier alpha value is 2.30. The van der Waals surface area contributed by atoms with Crippen LogP contribution in [0.1, 0.15) is 142 Å².